The minimum absolute atomic E-state index is 0.656. The molecule has 0 saturated heterocycles. The highest BCUT2D eigenvalue weighted by Crippen LogP contribution is 2.17. The summed E-state index contributed by atoms with van der Waals surface area (Å²) in [4.78, 5) is 0. The second kappa shape index (κ2) is 8.98. The monoisotopic (exact) mass is 277 g/mol. The topological polar surface area (TPSA) is 30.5 Å². The van der Waals surface area contributed by atoms with Crippen molar-refractivity contribution in [3.63, 3.8) is 0 Å². The van der Waals surface area contributed by atoms with Crippen LogP contribution in [-0.4, -0.2) is 26.3 Å². The lowest BCUT2D eigenvalue weighted by Gasteiger charge is -2.16. The van der Waals surface area contributed by atoms with Crippen LogP contribution < -0.4 is 10.1 Å². The van der Waals surface area contributed by atoms with Crippen molar-refractivity contribution >= 4 is 0 Å². The van der Waals surface area contributed by atoms with Crippen molar-refractivity contribution in [2.45, 2.75) is 51.2 Å². The van der Waals surface area contributed by atoms with Crippen LogP contribution in [0.1, 0.15) is 44.1 Å². The lowest BCUT2D eigenvalue weighted by Crippen LogP contribution is -2.31. The Kier molecular flexibility index (Phi) is 6.89. The van der Waals surface area contributed by atoms with Gasteiger partial charge in [0.25, 0.3) is 0 Å². The first-order valence-corrected chi connectivity index (χ1v) is 7.82. The normalized spacial score (nSPS) is 16.9. The Bertz CT molecular complexity index is 373. The van der Waals surface area contributed by atoms with Gasteiger partial charge < -0.3 is 14.8 Å². The molecule has 1 aliphatic rings. The van der Waals surface area contributed by atoms with Crippen LogP contribution >= 0.6 is 0 Å². The molecule has 0 aromatic heterocycles. The minimum atomic E-state index is 0.656. The van der Waals surface area contributed by atoms with Crippen LogP contribution in [0.5, 0.6) is 5.75 Å². The van der Waals surface area contributed by atoms with Crippen molar-refractivity contribution in [2.75, 3.05) is 20.3 Å². The van der Waals surface area contributed by atoms with Crippen molar-refractivity contribution in [2.24, 2.45) is 0 Å². The lowest BCUT2D eigenvalue weighted by atomic mass is 10.1. The van der Waals surface area contributed by atoms with Crippen molar-refractivity contribution in [1.82, 2.24) is 5.32 Å². The molecule has 0 unspecified atom stereocenters. The van der Waals surface area contributed by atoms with E-state index in [0.717, 1.165) is 18.9 Å². The van der Waals surface area contributed by atoms with Gasteiger partial charge in [-0.15, -0.1) is 0 Å². The van der Waals surface area contributed by atoms with Gasteiger partial charge in [0.15, 0.2) is 0 Å². The van der Waals surface area contributed by atoms with Gasteiger partial charge in [0.2, 0.25) is 0 Å². The van der Waals surface area contributed by atoms with Crippen molar-refractivity contribution in [3.8, 4) is 5.75 Å². The molecule has 1 aromatic rings. The molecule has 0 aliphatic heterocycles. The summed E-state index contributed by atoms with van der Waals surface area (Å²) in [5, 5.41) is 3.62. The largest absolute Gasteiger partial charge is 0.497 e. The second-order valence-electron chi connectivity index (χ2n) is 5.55. The Hall–Kier alpha value is -1.06. The average molecular weight is 277 g/mol. The first kappa shape index (κ1) is 15.3. The molecule has 1 saturated carbocycles. The van der Waals surface area contributed by atoms with Gasteiger partial charge >= 0.3 is 0 Å². The number of hydrogen-bond donors (Lipinski definition) is 1. The summed E-state index contributed by atoms with van der Waals surface area (Å²) in [5.74, 6) is 0.891. The predicted octanol–water partition coefficient (Wildman–Crippen LogP) is 3.52. The van der Waals surface area contributed by atoms with E-state index in [1.165, 1.54) is 44.1 Å². The molecule has 0 heterocycles. The Balaban J connectivity index is 1.58. The summed E-state index contributed by atoms with van der Waals surface area (Å²) < 4.78 is 10.9. The number of benzene rings is 1. The van der Waals surface area contributed by atoms with Gasteiger partial charge in [-0.1, -0.05) is 37.8 Å². The summed E-state index contributed by atoms with van der Waals surface area (Å²) in [6, 6.07) is 8.76. The molecular formula is C17H27NO2. The molecule has 0 atom stereocenters. The summed E-state index contributed by atoms with van der Waals surface area (Å²) in [7, 11) is 1.69. The summed E-state index contributed by atoms with van der Waals surface area (Å²) in [6.45, 7) is 2.38. The second-order valence-corrected chi connectivity index (χ2v) is 5.55. The molecular weight excluding hydrogens is 250 g/mol. The molecule has 1 aromatic carbocycles. The Morgan fingerprint density at radius 2 is 1.95 bits per heavy atom. The molecule has 0 radical (unpaired) electrons. The van der Waals surface area contributed by atoms with Crippen LogP contribution in [0.25, 0.3) is 0 Å². The van der Waals surface area contributed by atoms with E-state index in [4.69, 9.17) is 9.47 Å². The quantitative estimate of drug-likeness (QED) is 0.611. The van der Waals surface area contributed by atoms with E-state index in [2.05, 4.69) is 11.4 Å². The van der Waals surface area contributed by atoms with Gasteiger partial charge in [0, 0.05) is 12.6 Å². The third kappa shape index (κ3) is 5.51. The number of rotatable bonds is 7. The van der Waals surface area contributed by atoms with E-state index in [9.17, 15) is 0 Å². The minimum Gasteiger partial charge on any atom is -0.497 e. The maximum absolute atomic E-state index is 5.72. The summed E-state index contributed by atoms with van der Waals surface area (Å²) in [5.41, 5.74) is 1.17. The molecule has 3 nitrogen and oxygen atoms in total. The molecule has 0 amide bonds. The molecule has 20 heavy (non-hydrogen) atoms. The Morgan fingerprint density at radius 1 is 1.15 bits per heavy atom. The van der Waals surface area contributed by atoms with Crippen molar-refractivity contribution in [3.05, 3.63) is 29.8 Å². The van der Waals surface area contributed by atoms with Gasteiger partial charge in [-0.05, 0) is 30.5 Å². The Morgan fingerprint density at radius 3 is 2.70 bits per heavy atom. The van der Waals surface area contributed by atoms with E-state index in [-0.39, 0.29) is 0 Å². The zero-order valence-electron chi connectivity index (χ0n) is 12.6. The number of methoxy groups -OCH3 is 1. The number of nitrogens with one attached hydrogen (secondary N) is 1. The Labute approximate surface area is 122 Å². The highest BCUT2D eigenvalue weighted by atomic mass is 16.5. The third-order valence-corrected chi connectivity index (χ3v) is 3.94. The molecule has 0 spiro atoms. The van der Waals surface area contributed by atoms with Crippen LogP contribution in [0.4, 0.5) is 0 Å². The summed E-state index contributed by atoms with van der Waals surface area (Å²) in [6.07, 6.45) is 8.23. The van der Waals surface area contributed by atoms with Gasteiger partial charge in [0.05, 0.1) is 20.3 Å². The molecule has 0 bridgehead atoms. The maximum atomic E-state index is 5.72. The number of hydrogen-bond acceptors (Lipinski definition) is 3. The first-order valence-electron chi connectivity index (χ1n) is 7.82. The maximum Gasteiger partial charge on any atom is 0.119 e. The highest BCUT2D eigenvalue weighted by molar-refractivity contribution is 5.27. The van der Waals surface area contributed by atoms with Gasteiger partial charge in [-0.3, -0.25) is 0 Å². The van der Waals surface area contributed by atoms with Gasteiger partial charge in [-0.2, -0.15) is 0 Å². The predicted molar refractivity (Wildman–Crippen MR) is 82.1 cm³/mol. The lowest BCUT2D eigenvalue weighted by molar-refractivity contribution is 0.120. The molecule has 1 aliphatic carbocycles. The average Bonchev–Trinajstić information content (AvgIpc) is 2.76. The first-order chi connectivity index (χ1) is 9.88. The SMILES string of the molecule is COc1cccc(COCCNC2CCCCCC2)c1. The summed E-state index contributed by atoms with van der Waals surface area (Å²) >= 11 is 0. The fourth-order valence-electron chi connectivity index (χ4n) is 2.77. The molecule has 3 heteroatoms. The molecule has 112 valence electrons. The molecule has 1 N–H and O–H groups in total. The molecule has 1 fully saturated rings. The van der Waals surface area contributed by atoms with Crippen molar-refractivity contribution < 1.29 is 9.47 Å². The van der Waals surface area contributed by atoms with Gasteiger partial charge in [-0.25, -0.2) is 0 Å². The zero-order chi connectivity index (χ0) is 14.0. The van der Waals surface area contributed by atoms with E-state index >= 15 is 0 Å². The van der Waals surface area contributed by atoms with Gasteiger partial charge in [0.1, 0.15) is 5.75 Å². The smallest absolute Gasteiger partial charge is 0.119 e. The van der Waals surface area contributed by atoms with Crippen LogP contribution in [-0.2, 0) is 11.3 Å². The van der Waals surface area contributed by atoms with Crippen molar-refractivity contribution in [1.29, 1.82) is 0 Å². The fraction of sp³-hybridized carbons (Fsp3) is 0.647. The fourth-order valence-corrected chi connectivity index (χ4v) is 2.77. The van der Waals surface area contributed by atoms with Crippen LogP contribution in [0.2, 0.25) is 0 Å². The third-order valence-electron chi connectivity index (χ3n) is 3.94. The van der Waals surface area contributed by atoms with E-state index in [0.29, 0.717) is 12.6 Å². The highest BCUT2D eigenvalue weighted by Gasteiger charge is 2.10. The van der Waals surface area contributed by atoms with E-state index in [1.807, 2.05) is 18.2 Å². The molecule has 2 rings (SSSR count). The van der Waals surface area contributed by atoms with Crippen LogP contribution in [0, 0.1) is 0 Å². The zero-order valence-corrected chi connectivity index (χ0v) is 12.6. The van der Waals surface area contributed by atoms with Crippen LogP contribution in [0.3, 0.4) is 0 Å². The van der Waals surface area contributed by atoms with E-state index < -0.39 is 0 Å². The standard InChI is InChI=1S/C17H27NO2/c1-19-17-10-6-7-15(13-17)14-20-12-11-18-16-8-4-2-3-5-9-16/h6-7,10,13,16,18H,2-5,8-9,11-12,14H2,1H3. The van der Waals surface area contributed by atoms with E-state index in [1.54, 1.807) is 7.11 Å². The number of ether oxygens (including phenoxy) is 2. The van der Waals surface area contributed by atoms with Crippen LogP contribution in [0.15, 0.2) is 24.3 Å².